The Morgan fingerprint density at radius 2 is 1.69 bits per heavy atom. The van der Waals surface area contributed by atoms with Crippen molar-refractivity contribution in [2.75, 3.05) is 0 Å². The molecule has 2 aromatic carbocycles. The zero-order valence-electron chi connectivity index (χ0n) is 18.2. The molecule has 2 heteroatoms. The number of hydrogen-bond donors (Lipinski definition) is 0. The second-order valence-electron chi connectivity index (χ2n) is 8.01. The summed E-state index contributed by atoms with van der Waals surface area (Å²) < 4.78 is 6.01. The van der Waals surface area contributed by atoms with E-state index in [0.29, 0.717) is 5.56 Å². The molecule has 0 bridgehead atoms. The van der Waals surface area contributed by atoms with Gasteiger partial charge in [0.2, 0.25) is 0 Å². The minimum atomic E-state index is -0.278. The first kappa shape index (κ1) is 21.1. The molecule has 0 atom stereocenters. The molecule has 1 heterocycles. The van der Waals surface area contributed by atoms with Crippen molar-refractivity contribution in [3.05, 3.63) is 75.7 Å². The molecule has 3 aromatic rings. The Labute approximate surface area is 174 Å². The fourth-order valence-electron chi connectivity index (χ4n) is 4.15. The quantitative estimate of drug-likeness (QED) is 0.374. The molecule has 1 aromatic heterocycles. The Balaban J connectivity index is 2.41. The van der Waals surface area contributed by atoms with Gasteiger partial charge in [0, 0.05) is 10.9 Å². The number of allylic oxidation sites excluding steroid dienone is 1. The van der Waals surface area contributed by atoms with Gasteiger partial charge in [-0.2, -0.15) is 0 Å². The van der Waals surface area contributed by atoms with Gasteiger partial charge in [0.05, 0.1) is 5.56 Å². The van der Waals surface area contributed by atoms with E-state index >= 15 is 0 Å². The number of unbranched alkanes of at least 4 members (excludes halogenated alkanes) is 2. The predicted molar refractivity (Wildman–Crippen MR) is 125 cm³/mol. The fourth-order valence-corrected chi connectivity index (χ4v) is 4.15. The van der Waals surface area contributed by atoms with Gasteiger partial charge in [-0.3, -0.25) is 0 Å². The first-order valence-corrected chi connectivity index (χ1v) is 10.8. The van der Waals surface area contributed by atoms with Gasteiger partial charge in [0.1, 0.15) is 5.58 Å². The lowest BCUT2D eigenvalue weighted by Crippen LogP contribution is -2.10. The molecule has 0 saturated carbocycles. The van der Waals surface area contributed by atoms with Crippen LogP contribution in [0.2, 0.25) is 0 Å². The van der Waals surface area contributed by atoms with Crippen molar-refractivity contribution in [3.63, 3.8) is 0 Å². The van der Waals surface area contributed by atoms with Crippen LogP contribution in [0.15, 0.2) is 52.2 Å². The van der Waals surface area contributed by atoms with E-state index in [-0.39, 0.29) is 5.63 Å². The monoisotopic (exact) mass is 388 g/mol. The zero-order valence-corrected chi connectivity index (χ0v) is 18.2. The van der Waals surface area contributed by atoms with E-state index in [1.165, 1.54) is 16.7 Å². The van der Waals surface area contributed by atoms with Crippen LogP contribution in [-0.4, -0.2) is 0 Å². The molecular weight excluding hydrogens is 356 g/mol. The molecule has 0 saturated heterocycles. The highest BCUT2D eigenvalue weighted by Crippen LogP contribution is 2.36. The average Bonchev–Trinajstić information content (AvgIpc) is 2.71. The van der Waals surface area contributed by atoms with Gasteiger partial charge in [-0.15, -0.1) is 0 Å². The third-order valence-corrected chi connectivity index (χ3v) is 5.76. The van der Waals surface area contributed by atoms with Crippen LogP contribution < -0.4 is 5.63 Å². The Morgan fingerprint density at radius 1 is 1.03 bits per heavy atom. The summed E-state index contributed by atoms with van der Waals surface area (Å²) in [7, 11) is 0. The van der Waals surface area contributed by atoms with Crippen LogP contribution in [0.25, 0.3) is 27.7 Å². The van der Waals surface area contributed by atoms with Crippen LogP contribution in [0.5, 0.6) is 0 Å². The molecular formula is C27H32O2. The maximum atomic E-state index is 13.1. The SMILES string of the molecule is C=C(C)c1c(-c2ccccc2)c(=O)oc2c(CCCC)c(C)c(CCCC)cc12. The van der Waals surface area contributed by atoms with E-state index in [0.717, 1.165) is 66.2 Å². The lowest BCUT2D eigenvalue weighted by atomic mass is 9.88. The second-order valence-corrected chi connectivity index (χ2v) is 8.01. The molecule has 0 radical (unpaired) electrons. The highest BCUT2D eigenvalue weighted by molar-refractivity contribution is 5.98. The summed E-state index contributed by atoms with van der Waals surface area (Å²) >= 11 is 0. The molecule has 29 heavy (non-hydrogen) atoms. The van der Waals surface area contributed by atoms with E-state index < -0.39 is 0 Å². The molecule has 0 N–H and O–H groups in total. The van der Waals surface area contributed by atoms with Crippen molar-refractivity contribution in [1.82, 2.24) is 0 Å². The Kier molecular flexibility index (Phi) is 6.74. The predicted octanol–water partition coefficient (Wildman–Crippen LogP) is 7.49. The number of rotatable bonds is 8. The van der Waals surface area contributed by atoms with Gasteiger partial charge < -0.3 is 4.42 Å². The molecule has 0 aliphatic heterocycles. The lowest BCUT2D eigenvalue weighted by molar-refractivity contribution is 0.556. The number of aryl methyl sites for hydroxylation is 2. The van der Waals surface area contributed by atoms with Crippen molar-refractivity contribution in [2.24, 2.45) is 0 Å². The van der Waals surface area contributed by atoms with Crippen molar-refractivity contribution >= 4 is 16.5 Å². The molecule has 3 rings (SSSR count). The Bertz CT molecular complexity index is 1070. The van der Waals surface area contributed by atoms with Crippen LogP contribution >= 0.6 is 0 Å². The smallest absolute Gasteiger partial charge is 0.344 e. The van der Waals surface area contributed by atoms with Crippen LogP contribution in [0.3, 0.4) is 0 Å². The standard InChI is InChI=1S/C27H32O2/c1-6-8-13-21-17-23-24(18(3)4)25(20-14-11-10-12-15-20)27(28)29-26(23)22(19(21)5)16-9-7-2/h10-12,14-15,17H,3,6-9,13,16H2,1-2,4-5H3. The average molecular weight is 389 g/mol. The number of fused-ring (bicyclic) bond motifs is 1. The summed E-state index contributed by atoms with van der Waals surface area (Å²) in [6.45, 7) is 12.8. The molecule has 0 aliphatic rings. The highest BCUT2D eigenvalue weighted by Gasteiger charge is 2.21. The number of hydrogen-bond acceptors (Lipinski definition) is 2. The Morgan fingerprint density at radius 3 is 2.31 bits per heavy atom. The molecule has 152 valence electrons. The van der Waals surface area contributed by atoms with Gasteiger partial charge in [-0.05, 0) is 73.4 Å². The maximum Gasteiger partial charge on any atom is 0.344 e. The van der Waals surface area contributed by atoms with Crippen molar-refractivity contribution in [3.8, 4) is 11.1 Å². The van der Waals surface area contributed by atoms with Gasteiger partial charge in [0.25, 0.3) is 0 Å². The normalized spacial score (nSPS) is 11.2. The van der Waals surface area contributed by atoms with Crippen molar-refractivity contribution in [1.29, 1.82) is 0 Å². The van der Waals surface area contributed by atoms with Gasteiger partial charge >= 0.3 is 5.63 Å². The van der Waals surface area contributed by atoms with E-state index in [2.05, 4.69) is 33.4 Å². The topological polar surface area (TPSA) is 30.2 Å². The molecule has 0 unspecified atom stereocenters. The summed E-state index contributed by atoms with van der Waals surface area (Å²) in [5.74, 6) is 0. The van der Waals surface area contributed by atoms with Gasteiger partial charge in [-0.1, -0.05) is 63.6 Å². The minimum Gasteiger partial charge on any atom is -0.422 e. The molecule has 2 nitrogen and oxygen atoms in total. The zero-order chi connectivity index (χ0) is 21.0. The van der Waals surface area contributed by atoms with Crippen LogP contribution in [-0.2, 0) is 12.8 Å². The van der Waals surface area contributed by atoms with Crippen LogP contribution in [0.1, 0.15) is 68.7 Å². The fraction of sp³-hybridized carbons (Fsp3) is 0.370. The summed E-state index contributed by atoms with van der Waals surface area (Å²) in [6.07, 6.45) is 6.49. The van der Waals surface area contributed by atoms with Crippen LogP contribution in [0.4, 0.5) is 0 Å². The van der Waals surface area contributed by atoms with Gasteiger partial charge in [-0.25, -0.2) is 4.79 Å². The summed E-state index contributed by atoms with van der Waals surface area (Å²) in [5.41, 5.74) is 7.63. The van der Waals surface area contributed by atoms with E-state index in [1.807, 2.05) is 37.3 Å². The molecule has 0 amide bonds. The second kappa shape index (κ2) is 9.26. The summed E-state index contributed by atoms with van der Waals surface area (Å²) in [5, 5.41) is 1.03. The third-order valence-electron chi connectivity index (χ3n) is 5.76. The molecule has 0 aliphatic carbocycles. The lowest BCUT2D eigenvalue weighted by Gasteiger charge is -2.18. The first-order chi connectivity index (χ1) is 14.0. The number of benzene rings is 2. The summed E-state index contributed by atoms with van der Waals surface area (Å²) in [4.78, 5) is 13.1. The summed E-state index contributed by atoms with van der Waals surface area (Å²) in [6, 6.07) is 12.0. The van der Waals surface area contributed by atoms with E-state index in [1.54, 1.807) is 0 Å². The molecule has 0 spiro atoms. The maximum absolute atomic E-state index is 13.1. The first-order valence-electron chi connectivity index (χ1n) is 10.8. The van der Waals surface area contributed by atoms with E-state index in [4.69, 9.17) is 4.42 Å². The highest BCUT2D eigenvalue weighted by atomic mass is 16.4. The molecule has 0 fully saturated rings. The third kappa shape index (κ3) is 4.22. The van der Waals surface area contributed by atoms with Crippen molar-refractivity contribution < 1.29 is 4.42 Å². The largest absolute Gasteiger partial charge is 0.422 e. The van der Waals surface area contributed by atoms with E-state index in [9.17, 15) is 4.79 Å². The van der Waals surface area contributed by atoms with Gasteiger partial charge in [0.15, 0.2) is 0 Å². The Hall–Kier alpha value is -2.61. The van der Waals surface area contributed by atoms with Crippen molar-refractivity contribution in [2.45, 2.75) is 66.2 Å². The minimum absolute atomic E-state index is 0.278. The van der Waals surface area contributed by atoms with Crippen LogP contribution in [0, 0.1) is 6.92 Å².